The van der Waals surface area contributed by atoms with E-state index in [0.717, 1.165) is 31.5 Å². The smallest absolute Gasteiger partial charge is 0.312 e. The quantitative estimate of drug-likeness (QED) is 0.921. The summed E-state index contributed by atoms with van der Waals surface area (Å²) in [5.74, 6) is -1.71. The Morgan fingerprint density at radius 3 is 2.87 bits per heavy atom. The second-order valence-electron chi connectivity index (χ2n) is 6.05. The lowest BCUT2D eigenvalue weighted by Gasteiger charge is -2.19. The number of para-hydroxylation sites is 1. The molecule has 1 aromatic carbocycles. The molecule has 2 aromatic rings. The lowest BCUT2D eigenvalue weighted by Crippen LogP contribution is -2.32. The molecule has 1 atom stereocenters. The SMILES string of the molecule is O=C(O)[C@H]1CN(C(=O)c2cnn3c2CCCC3)c2ccccc21. The van der Waals surface area contributed by atoms with Gasteiger partial charge in [0.2, 0.25) is 0 Å². The third-order valence-corrected chi connectivity index (χ3v) is 4.72. The molecular weight excluding hydrogens is 294 g/mol. The van der Waals surface area contributed by atoms with Crippen LogP contribution in [0.1, 0.15) is 40.4 Å². The summed E-state index contributed by atoms with van der Waals surface area (Å²) in [6.45, 7) is 1.02. The van der Waals surface area contributed by atoms with Crippen LogP contribution in [0.15, 0.2) is 30.5 Å². The average Bonchev–Trinajstić information content (AvgIpc) is 3.16. The zero-order chi connectivity index (χ0) is 16.0. The normalized spacial score (nSPS) is 19.3. The van der Waals surface area contributed by atoms with Crippen LogP contribution in [-0.2, 0) is 17.8 Å². The predicted octanol–water partition coefficient (Wildman–Crippen LogP) is 2.05. The highest BCUT2D eigenvalue weighted by Gasteiger charge is 2.37. The van der Waals surface area contributed by atoms with Crippen molar-refractivity contribution in [2.75, 3.05) is 11.4 Å². The van der Waals surface area contributed by atoms with Gasteiger partial charge >= 0.3 is 5.97 Å². The molecular formula is C17H17N3O3. The highest BCUT2D eigenvalue weighted by molar-refractivity contribution is 6.09. The summed E-state index contributed by atoms with van der Waals surface area (Å²) in [4.78, 5) is 26.1. The molecule has 0 radical (unpaired) electrons. The van der Waals surface area contributed by atoms with Gasteiger partial charge in [0.25, 0.3) is 5.91 Å². The van der Waals surface area contributed by atoms with E-state index >= 15 is 0 Å². The van der Waals surface area contributed by atoms with Crippen molar-refractivity contribution in [2.24, 2.45) is 0 Å². The van der Waals surface area contributed by atoms with Gasteiger partial charge in [-0.25, -0.2) is 0 Å². The molecule has 0 bridgehead atoms. The van der Waals surface area contributed by atoms with Crippen molar-refractivity contribution in [1.82, 2.24) is 9.78 Å². The molecule has 0 saturated carbocycles. The summed E-state index contributed by atoms with van der Waals surface area (Å²) in [5, 5.41) is 13.7. The van der Waals surface area contributed by atoms with Gasteiger partial charge in [-0.1, -0.05) is 18.2 Å². The molecule has 0 fully saturated rings. The highest BCUT2D eigenvalue weighted by atomic mass is 16.4. The minimum Gasteiger partial charge on any atom is -0.481 e. The van der Waals surface area contributed by atoms with E-state index in [-0.39, 0.29) is 12.5 Å². The number of fused-ring (bicyclic) bond motifs is 2. The third-order valence-electron chi connectivity index (χ3n) is 4.72. The molecule has 0 unspecified atom stereocenters. The minimum atomic E-state index is -0.898. The molecule has 4 rings (SSSR count). The number of amides is 1. The number of anilines is 1. The summed E-state index contributed by atoms with van der Waals surface area (Å²) < 4.78 is 1.90. The van der Waals surface area contributed by atoms with Crippen LogP contribution in [0.4, 0.5) is 5.69 Å². The van der Waals surface area contributed by atoms with Crippen LogP contribution in [0.2, 0.25) is 0 Å². The molecule has 1 amide bonds. The fourth-order valence-corrected chi connectivity index (χ4v) is 3.56. The zero-order valence-corrected chi connectivity index (χ0v) is 12.6. The molecule has 3 heterocycles. The second kappa shape index (κ2) is 5.22. The number of carbonyl (C=O) groups is 2. The summed E-state index contributed by atoms with van der Waals surface area (Å²) >= 11 is 0. The van der Waals surface area contributed by atoms with Gasteiger partial charge in [-0.05, 0) is 30.9 Å². The van der Waals surface area contributed by atoms with Crippen LogP contribution in [0, 0.1) is 0 Å². The molecule has 1 N–H and O–H groups in total. The molecule has 6 heteroatoms. The Morgan fingerprint density at radius 2 is 2.04 bits per heavy atom. The molecule has 2 aliphatic rings. The fourth-order valence-electron chi connectivity index (χ4n) is 3.56. The van der Waals surface area contributed by atoms with Crippen molar-refractivity contribution in [3.63, 3.8) is 0 Å². The monoisotopic (exact) mass is 311 g/mol. The van der Waals surface area contributed by atoms with Gasteiger partial charge in [-0.2, -0.15) is 5.10 Å². The van der Waals surface area contributed by atoms with Crippen LogP contribution >= 0.6 is 0 Å². The number of carbonyl (C=O) groups excluding carboxylic acids is 1. The Kier molecular flexibility index (Phi) is 3.18. The lowest BCUT2D eigenvalue weighted by atomic mass is 10.0. The van der Waals surface area contributed by atoms with E-state index in [9.17, 15) is 14.7 Å². The van der Waals surface area contributed by atoms with E-state index in [4.69, 9.17) is 0 Å². The van der Waals surface area contributed by atoms with Crippen molar-refractivity contribution in [2.45, 2.75) is 31.7 Å². The topological polar surface area (TPSA) is 75.4 Å². The molecule has 23 heavy (non-hydrogen) atoms. The molecule has 0 aliphatic carbocycles. The third kappa shape index (κ3) is 2.13. The maximum absolute atomic E-state index is 13.0. The van der Waals surface area contributed by atoms with Crippen LogP contribution in [0.25, 0.3) is 0 Å². The van der Waals surface area contributed by atoms with E-state index in [1.807, 2.05) is 22.9 Å². The molecule has 2 aliphatic heterocycles. The van der Waals surface area contributed by atoms with Crippen LogP contribution in [0.3, 0.4) is 0 Å². The molecule has 0 saturated heterocycles. The summed E-state index contributed by atoms with van der Waals surface area (Å²) in [5.41, 5.74) is 2.97. The molecule has 6 nitrogen and oxygen atoms in total. The van der Waals surface area contributed by atoms with Gasteiger partial charge in [0, 0.05) is 18.8 Å². The Bertz CT molecular complexity index is 796. The van der Waals surface area contributed by atoms with E-state index in [0.29, 0.717) is 16.8 Å². The number of carboxylic acid groups (broad SMARTS) is 1. The molecule has 1 aromatic heterocycles. The number of hydrogen-bond donors (Lipinski definition) is 1. The summed E-state index contributed by atoms with van der Waals surface area (Å²) in [7, 11) is 0. The standard InChI is InChI=1S/C17H17N3O3/c21-16(12-9-18-20-8-4-3-7-15(12)20)19-10-13(17(22)23)11-5-1-2-6-14(11)19/h1-2,5-6,9,13H,3-4,7-8,10H2,(H,22,23)/t13-/m0/s1. The Morgan fingerprint density at radius 1 is 1.22 bits per heavy atom. The number of rotatable bonds is 2. The highest BCUT2D eigenvalue weighted by Crippen LogP contribution is 2.37. The number of hydrogen-bond acceptors (Lipinski definition) is 3. The van der Waals surface area contributed by atoms with Gasteiger partial charge in [0.05, 0.1) is 17.5 Å². The number of carboxylic acids is 1. The van der Waals surface area contributed by atoms with Crippen molar-refractivity contribution < 1.29 is 14.7 Å². The van der Waals surface area contributed by atoms with Gasteiger partial charge in [0.1, 0.15) is 5.92 Å². The minimum absolute atomic E-state index is 0.149. The van der Waals surface area contributed by atoms with E-state index < -0.39 is 11.9 Å². The van der Waals surface area contributed by atoms with Gasteiger partial charge < -0.3 is 10.0 Å². The largest absolute Gasteiger partial charge is 0.481 e. The van der Waals surface area contributed by atoms with Crippen molar-refractivity contribution in [3.8, 4) is 0 Å². The van der Waals surface area contributed by atoms with Crippen molar-refractivity contribution in [3.05, 3.63) is 47.3 Å². The second-order valence-corrected chi connectivity index (χ2v) is 6.05. The average molecular weight is 311 g/mol. The maximum Gasteiger partial charge on any atom is 0.312 e. The zero-order valence-electron chi connectivity index (χ0n) is 12.6. The number of aromatic nitrogens is 2. The van der Waals surface area contributed by atoms with E-state index in [1.165, 1.54) is 0 Å². The first-order valence-corrected chi connectivity index (χ1v) is 7.85. The number of nitrogens with zero attached hydrogens (tertiary/aromatic N) is 3. The van der Waals surface area contributed by atoms with E-state index in [1.54, 1.807) is 17.2 Å². The van der Waals surface area contributed by atoms with Gasteiger partial charge in [-0.15, -0.1) is 0 Å². The summed E-state index contributed by atoms with van der Waals surface area (Å²) in [6, 6.07) is 7.24. The van der Waals surface area contributed by atoms with Gasteiger partial charge in [0.15, 0.2) is 0 Å². The van der Waals surface area contributed by atoms with Crippen molar-refractivity contribution >= 4 is 17.6 Å². The maximum atomic E-state index is 13.0. The van der Waals surface area contributed by atoms with Crippen LogP contribution in [0.5, 0.6) is 0 Å². The predicted molar refractivity (Wildman–Crippen MR) is 83.7 cm³/mol. The Balaban J connectivity index is 1.72. The number of aryl methyl sites for hydroxylation is 1. The van der Waals surface area contributed by atoms with Crippen LogP contribution in [-0.4, -0.2) is 33.3 Å². The fraction of sp³-hybridized carbons (Fsp3) is 0.353. The number of benzene rings is 1. The lowest BCUT2D eigenvalue weighted by molar-refractivity contribution is -0.138. The summed E-state index contributed by atoms with van der Waals surface area (Å²) in [6.07, 6.45) is 4.61. The first-order valence-electron chi connectivity index (χ1n) is 7.85. The Labute approximate surface area is 133 Å². The van der Waals surface area contributed by atoms with E-state index in [2.05, 4.69) is 5.10 Å². The molecule has 0 spiro atoms. The first kappa shape index (κ1) is 14.0. The van der Waals surface area contributed by atoms with Crippen LogP contribution < -0.4 is 4.90 Å². The first-order chi connectivity index (χ1) is 11.2. The van der Waals surface area contributed by atoms with Crippen molar-refractivity contribution in [1.29, 1.82) is 0 Å². The number of aliphatic carboxylic acids is 1. The Hall–Kier alpha value is -2.63. The molecule has 118 valence electrons. The van der Waals surface area contributed by atoms with Gasteiger partial charge in [-0.3, -0.25) is 14.3 Å².